The average Bonchev–Trinajstić information content (AvgIpc) is 3.67. The van der Waals surface area contributed by atoms with Gasteiger partial charge in [0.2, 0.25) is 11.6 Å². The summed E-state index contributed by atoms with van der Waals surface area (Å²) < 4.78 is 51.9. The molecule has 5 aromatic rings. The molecule has 0 saturated carbocycles. The number of tetrazole rings is 1. The zero-order chi connectivity index (χ0) is 26.0. The third kappa shape index (κ3) is 4.92. The highest BCUT2D eigenvalue weighted by molar-refractivity contribution is 5.82. The van der Waals surface area contributed by atoms with Gasteiger partial charge in [0.05, 0.1) is 6.54 Å². The van der Waals surface area contributed by atoms with Crippen molar-refractivity contribution in [1.82, 2.24) is 41.2 Å². The van der Waals surface area contributed by atoms with Gasteiger partial charge < -0.3 is 19.5 Å². The number of aliphatic hydroxyl groups is 1. The van der Waals surface area contributed by atoms with Crippen molar-refractivity contribution < 1.29 is 32.1 Å². The van der Waals surface area contributed by atoms with Crippen molar-refractivity contribution in [3.05, 3.63) is 71.5 Å². The molecule has 1 amide bonds. The number of amides is 1. The predicted molar refractivity (Wildman–Crippen MR) is 117 cm³/mol. The molecule has 0 fully saturated rings. The van der Waals surface area contributed by atoms with Crippen LogP contribution in [0.4, 0.5) is 13.2 Å². The van der Waals surface area contributed by atoms with Crippen LogP contribution < -0.4 is 5.32 Å². The largest absolute Gasteiger partial charge is 0.422 e. The van der Waals surface area contributed by atoms with E-state index >= 15 is 0 Å². The molecule has 188 valence electrons. The first kappa shape index (κ1) is 23.8. The Labute approximate surface area is 204 Å². The summed E-state index contributed by atoms with van der Waals surface area (Å²) >= 11 is 0. The molecule has 0 aliphatic heterocycles. The predicted octanol–water partition coefficient (Wildman–Crippen LogP) is 2.94. The van der Waals surface area contributed by atoms with E-state index in [1.165, 1.54) is 36.4 Å². The van der Waals surface area contributed by atoms with E-state index in [0.717, 1.165) is 0 Å². The number of carbonyl (C=O) groups excluding carboxylic acids is 1. The van der Waals surface area contributed by atoms with Crippen LogP contribution in [0.2, 0.25) is 0 Å². The lowest BCUT2D eigenvalue weighted by Crippen LogP contribution is -2.29. The number of nitrogens with zero attached hydrogens (tertiary/aromatic N) is 6. The van der Waals surface area contributed by atoms with Crippen molar-refractivity contribution in [1.29, 1.82) is 0 Å². The number of hydrogen-bond donors (Lipinski definition) is 3. The minimum Gasteiger partial charge on any atom is -0.378 e. The molecule has 1 atom stereocenters. The number of rotatable bonds is 7. The molecule has 3 heterocycles. The maximum atomic E-state index is 13.9. The Morgan fingerprint density at radius 3 is 2.57 bits per heavy atom. The third-order valence-corrected chi connectivity index (χ3v) is 5.17. The maximum absolute atomic E-state index is 13.9. The molecule has 1 unspecified atom stereocenters. The molecule has 0 aliphatic rings. The molecule has 12 nitrogen and oxygen atoms in total. The number of aromatic nitrogens is 7. The van der Waals surface area contributed by atoms with Crippen LogP contribution in [0.25, 0.3) is 34.3 Å². The van der Waals surface area contributed by atoms with Crippen LogP contribution in [0.15, 0.2) is 63.6 Å². The Bertz CT molecular complexity index is 1520. The van der Waals surface area contributed by atoms with E-state index in [9.17, 15) is 23.1 Å². The van der Waals surface area contributed by atoms with Crippen molar-refractivity contribution in [3.8, 4) is 34.3 Å². The Morgan fingerprint density at radius 2 is 1.84 bits per heavy atom. The fraction of sp³-hybridized carbons (Fsp3) is 0.136. The van der Waals surface area contributed by atoms with Gasteiger partial charge in [-0.25, -0.2) is 5.10 Å². The number of alkyl halides is 3. The number of aliphatic hydroxyl groups excluding tert-OH is 1. The van der Waals surface area contributed by atoms with Gasteiger partial charge in [-0.2, -0.15) is 18.2 Å². The quantitative estimate of drug-likeness (QED) is 0.295. The van der Waals surface area contributed by atoms with Crippen LogP contribution in [0, 0.1) is 0 Å². The Kier molecular flexibility index (Phi) is 6.19. The zero-order valence-corrected chi connectivity index (χ0v) is 18.5. The van der Waals surface area contributed by atoms with Gasteiger partial charge in [0.25, 0.3) is 11.8 Å². The number of halogens is 3. The fourth-order valence-electron chi connectivity index (χ4n) is 3.45. The van der Waals surface area contributed by atoms with Gasteiger partial charge in [-0.05, 0) is 22.1 Å². The van der Waals surface area contributed by atoms with Crippen LogP contribution in [0.5, 0.6) is 0 Å². The lowest BCUT2D eigenvalue weighted by molar-refractivity contribution is -0.137. The van der Waals surface area contributed by atoms with Crippen LogP contribution >= 0.6 is 0 Å². The summed E-state index contributed by atoms with van der Waals surface area (Å²) in [6.45, 7) is -0.0412. The topological polar surface area (TPSA) is 169 Å². The molecular formula is C22H15F3N8O4. The van der Waals surface area contributed by atoms with Gasteiger partial charge in [0, 0.05) is 11.1 Å². The van der Waals surface area contributed by atoms with Crippen molar-refractivity contribution in [3.63, 3.8) is 0 Å². The molecule has 5 rings (SSSR count). The Hall–Kier alpha value is -4.92. The van der Waals surface area contributed by atoms with Gasteiger partial charge in [-0.1, -0.05) is 58.8 Å². The second-order valence-electron chi connectivity index (χ2n) is 7.62. The van der Waals surface area contributed by atoms with Gasteiger partial charge in [0.15, 0.2) is 11.9 Å². The molecule has 15 heteroatoms. The van der Waals surface area contributed by atoms with Gasteiger partial charge in [-0.15, -0.1) is 5.10 Å². The Morgan fingerprint density at radius 1 is 1.05 bits per heavy atom. The van der Waals surface area contributed by atoms with Crippen LogP contribution in [-0.4, -0.2) is 46.9 Å². The van der Waals surface area contributed by atoms with E-state index < -0.39 is 41.1 Å². The summed E-state index contributed by atoms with van der Waals surface area (Å²) in [5.41, 5.74) is -0.921. The second kappa shape index (κ2) is 9.62. The standard InChI is InChI=1S/C22H15F3N8O4/c23-22(24,25)15-16(11-5-2-1-3-6-11)30-36-18(15)21-27-19(31-37-21)13-8-4-7-12(9-13)17(34)20(35)26-10-14-28-32-33-29-14/h1-9,17,34H,10H2,(H,26,35)(H,28,29,32,33). The summed E-state index contributed by atoms with van der Waals surface area (Å²) in [7, 11) is 0. The number of hydrogen-bond acceptors (Lipinski definition) is 10. The van der Waals surface area contributed by atoms with Crippen LogP contribution in [0.3, 0.4) is 0 Å². The van der Waals surface area contributed by atoms with E-state index in [1.54, 1.807) is 18.2 Å². The van der Waals surface area contributed by atoms with Crippen molar-refractivity contribution in [2.24, 2.45) is 0 Å². The van der Waals surface area contributed by atoms with Crippen LogP contribution in [0.1, 0.15) is 23.1 Å². The highest BCUT2D eigenvalue weighted by Crippen LogP contribution is 2.43. The minimum atomic E-state index is -4.83. The first-order chi connectivity index (χ1) is 17.8. The lowest BCUT2D eigenvalue weighted by atomic mass is 10.0. The third-order valence-electron chi connectivity index (χ3n) is 5.17. The second-order valence-corrected chi connectivity index (χ2v) is 7.62. The zero-order valence-electron chi connectivity index (χ0n) is 18.5. The summed E-state index contributed by atoms with van der Waals surface area (Å²) in [6, 6.07) is 13.7. The van der Waals surface area contributed by atoms with Gasteiger partial charge >= 0.3 is 6.18 Å². The fourth-order valence-corrected chi connectivity index (χ4v) is 3.45. The molecule has 0 radical (unpaired) electrons. The molecule has 0 bridgehead atoms. The first-order valence-corrected chi connectivity index (χ1v) is 10.6. The van der Waals surface area contributed by atoms with Crippen LogP contribution in [-0.2, 0) is 17.5 Å². The normalized spacial score (nSPS) is 12.4. The smallest absolute Gasteiger partial charge is 0.378 e. The lowest BCUT2D eigenvalue weighted by Gasteiger charge is -2.11. The summed E-state index contributed by atoms with van der Waals surface area (Å²) in [6.07, 6.45) is -6.39. The van der Waals surface area contributed by atoms with Crippen molar-refractivity contribution in [2.75, 3.05) is 0 Å². The number of H-pyrrole nitrogens is 1. The highest BCUT2D eigenvalue weighted by Gasteiger charge is 2.43. The molecule has 37 heavy (non-hydrogen) atoms. The minimum absolute atomic E-state index is 0.0412. The molecule has 0 aliphatic carbocycles. The van der Waals surface area contributed by atoms with E-state index in [-0.39, 0.29) is 34.9 Å². The SMILES string of the molecule is O=C(NCc1nnn[nH]1)C(O)c1cccc(-c2noc(-c3onc(-c4ccccc4)c3C(F)(F)F)n2)c1. The van der Waals surface area contributed by atoms with E-state index in [0.29, 0.717) is 0 Å². The molecule has 0 spiro atoms. The highest BCUT2D eigenvalue weighted by atomic mass is 19.4. The van der Waals surface area contributed by atoms with Gasteiger partial charge in [0.1, 0.15) is 11.3 Å². The number of aromatic amines is 1. The molecule has 0 saturated heterocycles. The molecule has 3 aromatic heterocycles. The van der Waals surface area contributed by atoms with E-state index in [2.05, 4.69) is 41.2 Å². The summed E-state index contributed by atoms with van der Waals surface area (Å²) in [5.74, 6) is -1.81. The Balaban J connectivity index is 1.41. The van der Waals surface area contributed by atoms with E-state index in [4.69, 9.17) is 9.05 Å². The number of nitrogens with one attached hydrogen (secondary N) is 2. The summed E-state index contributed by atoms with van der Waals surface area (Å²) in [5, 5.41) is 33.0. The number of benzene rings is 2. The number of carbonyl (C=O) groups is 1. The first-order valence-electron chi connectivity index (χ1n) is 10.6. The molecular weight excluding hydrogens is 497 g/mol. The van der Waals surface area contributed by atoms with E-state index in [1.807, 2.05) is 0 Å². The molecule has 3 N–H and O–H groups in total. The average molecular weight is 512 g/mol. The van der Waals surface area contributed by atoms with Crippen molar-refractivity contribution >= 4 is 5.91 Å². The monoisotopic (exact) mass is 512 g/mol. The van der Waals surface area contributed by atoms with Gasteiger partial charge in [-0.3, -0.25) is 4.79 Å². The maximum Gasteiger partial charge on any atom is 0.422 e. The molecule has 2 aromatic carbocycles. The summed E-state index contributed by atoms with van der Waals surface area (Å²) in [4.78, 5) is 16.3. The van der Waals surface area contributed by atoms with Crippen molar-refractivity contribution in [2.45, 2.75) is 18.8 Å².